The Morgan fingerprint density at radius 1 is 1.38 bits per heavy atom. The van der Waals surface area contributed by atoms with Crippen LogP contribution in [-0.4, -0.2) is 39.6 Å². The molecule has 0 unspecified atom stereocenters. The van der Waals surface area contributed by atoms with E-state index < -0.39 is 18.5 Å². The molecular weight excluding hydrogens is 223 g/mol. The first kappa shape index (κ1) is 11.0. The van der Waals surface area contributed by atoms with E-state index in [1.54, 1.807) is 10.8 Å². The highest BCUT2D eigenvalue weighted by molar-refractivity contribution is 5.91. The molecule has 0 atom stereocenters. The van der Waals surface area contributed by atoms with E-state index in [0.717, 1.165) is 0 Å². The topological polar surface area (TPSA) is 38.1 Å². The van der Waals surface area contributed by atoms with Crippen molar-refractivity contribution in [2.24, 2.45) is 0 Å². The summed E-state index contributed by atoms with van der Waals surface area (Å²) >= 11 is 0. The summed E-state index contributed by atoms with van der Waals surface area (Å²) in [6.07, 6.45) is -2.08. The number of imidazole rings is 1. The van der Waals surface area contributed by atoms with Crippen LogP contribution in [0.25, 0.3) is 0 Å². The van der Waals surface area contributed by atoms with Gasteiger partial charge in [-0.2, -0.15) is 13.2 Å². The van der Waals surface area contributed by atoms with Crippen LogP contribution in [0.2, 0.25) is 0 Å². The number of halogens is 3. The molecule has 0 saturated carbocycles. The van der Waals surface area contributed by atoms with Gasteiger partial charge in [-0.3, -0.25) is 4.79 Å². The van der Waals surface area contributed by atoms with E-state index in [1.807, 2.05) is 0 Å². The van der Waals surface area contributed by atoms with Gasteiger partial charge in [-0.15, -0.1) is 0 Å². The van der Waals surface area contributed by atoms with Crippen LogP contribution < -0.4 is 0 Å². The van der Waals surface area contributed by atoms with Crippen molar-refractivity contribution in [2.75, 3.05) is 13.1 Å². The van der Waals surface area contributed by atoms with Gasteiger partial charge in [0.25, 0.3) is 5.91 Å². The molecule has 0 N–H and O–H groups in total. The molecule has 0 radical (unpaired) electrons. The number of nitrogens with zero attached hydrogens (tertiary/aromatic N) is 3. The highest BCUT2D eigenvalue weighted by Gasteiger charge is 2.31. The van der Waals surface area contributed by atoms with Crippen LogP contribution in [0.5, 0.6) is 0 Å². The van der Waals surface area contributed by atoms with E-state index in [2.05, 4.69) is 4.98 Å². The number of hydrogen-bond donors (Lipinski definition) is 0. The minimum atomic E-state index is -4.23. The van der Waals surface area contributed by atoms with E-state index in [9.17, 15) is 18.0 Å². The number of amides is 1. The van der Waals surface area contributed by atoms with Gasteiger partial charge in [-0.05, 0) is 0 Å². The summed E-state index contributed by atoms with van der Waals surface area (Å²) in [4.78, 5) is 16.7. The number of carbonyl (C=O) groups excluding carboxylic acids is 1. The monoisotopic (exact) mass is 233 g/mol. The maximum atomic E-state index is 12.0. The third kappa shape index (κ3) is 2.17. The van der Waals surface area contributed by atoms with Crippen molar-refractivity contribution in [3.63, 3.8) is 0 Å². The Bertz CT molecular complexity index is 399. The van der Waals surface area contributed by atoms with Gasteiger partial charge in [0.15, 0.2) is 5.82 Å². The van der Waals surface area contributed by atoms with Crippen molar-refractivity contribution in [2.45, 2.75) is 19.1 Å². The fraction of sp³-hybridized carbons (Fsp3) is 0.556. The standard InChI is InChI=1S/C9H10F3N3O/c10-9(11,12)1-3-15-6-5-14-4-2-13-7(14)8(15)16/h2,4H,1,3,5-6H2. The summed E-state index contributed by atoms with van der Waals surface area (Å²) in [6, 6.07) is 0. The lowest BCUT2D eigenvalue weighted by Crippen LogP contribution is -2.41. The van der Waals surface area contributed by atoms with E-state index >= 15 is 0 Å². The Balaban J connectivity index is 2.02. The van der Waals surface area contributed by atoms with E-state index in [4.69, 9.17) is 0 Å². The average molecular weight is 233 g/mol. The van der Waals surface area contributed by atoms with Crippen molar-refractivity contribution in [3.8, 4) is 0 Å². The van der Waals surface area contributed by atoms with Gasteiger partial charge < -0.3 is 9.47 Å². The Morgan fingerprint density at radius 2 is 2.12 bits per heavy atom. The van der Waals surface area contributed by atoms with Gasteiger partial charge in [0, 0.05) is 32.0 Å². The zero-order valence-corrected chi connectivity index (χ0v) is 8.37. The van der Waals surface area contributed by atoms with Gasteiger partial charge in [-0.1, -0.05) is 0 Å². The SMILES string of the molecule is O=C1c2nccn2CCN1CCC(F)(F)F. The molecule has 0 bridgehead atoms. The second kappa shape index (κ2) is 3.80. The summed E-state index contributed by atoms with van der Waals surface area (Å²) in [5, 5.41) is 0. The first-order chi connectivity index (χ1) is 7.47. The lowest BCUT2D eigenvalue weighted by atomic mass is 10.3. The first-order valence-corrected chi connectivity index (χ1v) is 4.84. The number of hydrogen-bond acceptors (Lipinski definition) is 2. The molecular formula is C9H10F3N3O. The third-order valence-corrected chi connectivity index (χ3v) is 2.47. The van der Waals surface area contributed by atoms with Gasteiger partial charge in [0.05, 0.1) is 6.42 Å². The average Bonchev–Trinajstić information content (AvgIpc) is 2.64. The molecule has 4 nitrogen and oxygen atoms in total. The number of fused-ring (bicyclic) bond motifs is 1. The molecule has 1 amide bonds. The van der Waals surface area contributed by atoms with Crippen molar-refractivity contribution < 1.29 is 18.0 Å². The molecule has 2 heterocycles. The summed E-state index contributed by atoms with van der Waals surface area (Å²) in [6.45, 7) is 0.506. The quantitative estimate of drug-likeness (QED) is 0.772. The highest BCUT2D eigenvalue weighted by Crippen LogP contribution is 2.21. The molecule has 0 saturated heterocycles. The van der Waals surface area contributed by atoms with E-state index in [0.29, 0.717) is 13.1 Å². The van der Waals surface area contributed by atoms with Crippen LogP contribution in [0.3, 0.4) is 0 Å². The number of aromatic nitrogens is 2. The van der Waals surface area contributed by atoms with E-state index in [1.165, 1.54) is 11.1 Å². The predicted molar refractivity (Wildman–Crippen MR) is 48.8 cm³/mol. The molecule has 0 aliphatic carbocycles. The summed E-state index contributed by atoms with van der Waals surface area (Å²) in [5.41, 5.74) is 0. The second-order valence-electron chi connectivity index (χ2n) is 3.60. The molecule has 1 aliphatic heterocycles. The second-order valence-corrected chi connectivity index (χ2v) is 3.60. The van der Waals surface area contributed by atoms with Crippen LogP contribution in [-0.2, 0) is 6.54 Å². The fourth-order valence-electron chi connectivity index (χ4n) is 1.63. The van der Waals surface area contributed by atoms with Crippen LogP contribution in [0, 0.1) is 0 Å². The molecule has 0 fully saturated rings. The van der Waals surface area contributed by atoms with Crippen molar-refractivity contribution in [1.29, 1.82) is 0 Å². The van der Waals surface area contributed by atoms with Gasteiger partial charge >= 0.3 is 6.18 Å². The molecule has 16 heavy (non-hydrogen) atoms. The minimum absolute atomic E-state index is 0.216. The molecule has 1 aromatic rings. The minimum Gasteiger partial charge on any atom is -0.334 e. The van der Waals surface area contributed by atoms with Crippen LogP contribution in [0.1, 0.15) is 17.0 Å². The Kier molecular flexibility index (Phi) is 2.61. The first-order valence-electron chi connectivity index (χ1n) is 4.84. The zero-order chi connectivity index (χ0) is 11.8. The molecule has 1 aliphatic rings. The lowest BCUT2D eigenvalue weighted by Gasteiger charge is -2.27. The normalized spacial score (nSPS) is 16.4. The van der Waals surface area contributed by atoms with Crippen LogP contribution >= 0.6 is 0 Å². The zero-order valence-electron chi connectivity index (χ0n) is 8.37. The number of rotatable bonds is 2. The molecule has 2 rings (SSSR count). The number of carbonyl (C=O) groups is 1. The summed E-state index contributed by atoms with van der Waals surface area (Å²) in [5.74, 6) is -0.214. The van der Waals surface area contributed by atoms with Gasteiger partial charge in [0.1, 0.15) is 0 Å². The Labute approximate surface area is 89.7 Å². The largest absolute Gasteiger partial charge is 0.390 e. The molecule has 0 spiro atoms. The number of alkyl halides is 3. The summed E-state index contributed by atoms with van der Waals surface area (Å²) in [7, 11) is 0. The van der Waals surface area contributed by atoms with Crippen molar-refractivity contribution >= 4 is 5.91 Å². The molecule has 0 aromatic carbocycles. The maximum Gasteiger partial charge on any atom is 0.390 e. The fourth-order valence-corrected chi connectivity index (χ4v) is 1.63. The Hall–Kier alpha value is -1.53. The van der Waals surface area contributed by atoms with Crippen molar-refractivity contribution in [1.82, 2.24) is 14.5 Å². The smallest absolute Gasteiger partial charge is 0.334 e. The molecule has 1 aromatic heterocycles. The summed E-state index contributed by atoms with van der Waals surface area (Å²) < 4.78 is 37.7. The maximum absolute atomic E-state index is 12.0. The third-order valence-electron chi connectivity index (χ3n) is 2.47. The van der Waals surface area contributed by atoms with Crippen LogP contribution in [0.4, 0.5) is 13.2 Å². The lowest BCUT2D eigenvalue weighted by molar-refractivity contribution is -0.136. The van der Waals surface area contributed by atoms with Gasteiger partial charge in [0.2, 0.25) is 0 Å². The van der Waals surface area contributed by atoms with E-state index in [-0.39, 0.29) is 12.4 Å². The van der Waals surface area contributed by atoms with Crippen LogP contribution in [0.15, 0.2) is 12.4 Å². The van der Waals surface area contributed by atoms with Crippen molar-refractivity contribution in [3.05, 3.63) is 18.2 Å². The predicted octanol–water partition coefficient (Wildman–Crippen LogP) is 1.29. The molecule has 7 heteroatoms. The Morgan fingerprint density at radius 3 is 2.81 bits per heavy atom. The highest BCUT2D eigenvalue weighted by atomic mass is 19.4. The van der Waals surface area contributed by atoms with Gasteiger partial charge in [-0.25, -0.2) is 4.98 Å². The molecule has 88 valence electrons.